The Bertz CT molecular complexity index is 820. The maximum atomic E-state index is 12.7. The van der Waals surface area contributed by atoms with Gasteiger partial charge in [-0.05, 0) is 57.5 Å². The Labute approximate surface area is 154 Å². The van der Waals surface area contributed by atoms with E-state index in [1.807, 2.05) is 24.3 Å². The summed E-state index contributed by atoms with van der Waals surface area (Å²) in [5.74, 6) is 1.09. The lowest BCUT2D eigenvalue weighted by Crippen LogP contribution is -2.37. The number of nitrogens with one attached hydrogen (secondary N) is 1. The molecule has 3 rings (SSSR count). The monoisotopic (exact) mass is 379 g/mol. The first-order valence-electron chi connectivity index (χ1n) is 8.73. The van der Waals surface area contributed by atoms with Gasteiger partial charge in [-0.15, -0.1) is 0 Å². The Kier molecular flexibility index (Phi) is 5.64. The zero-order valence-electron chi connectivity index (χ0n) is 15.4. The summed E-state index contributed by atoms with van der Waals surface area (Å²) in [6.45, 7) is 5.45. The van der Waals surface area contributed by atoms with Crippen molar-refractivity contribution in [3.63, 3.8) is 0 Å². The number of aryl methyl sites for hydroxylation is 2. The summed E-state index contributed by atoms with van der Waals surface area (Å²) >= 11 is 0. The van der Waals surface area contributed by atoms with Crippen molar-refractivity contribution in [1.29, 1.82) is 0 Å². The number of nitrogens with zero attached hydrogens (tertiary/aromatic N) is 2. The summed E-state index contributed by atoms with van der Waals surface area (Å²) in [6, 6.07) is 7.76. The third-order valence-electron chi connectivity index (χ3n) is 4.79. The molecule has 1 atom stereocenters. The van der Waals surface area contributed by atoms with E-state index in [1.165, 1.54) is 0 Å². The number of likely N-dealkylation sites (tertiary alicyclic amines) is 1. The van der Waals surface area contributed by atoms with E-state index in [0.29, 0.717) is 18.0 Å². The van der Waals surface area contributed by atoms with Crippen molar-refractivity contribution in [3.8, 4) is 5.75 Å². The lowest BCUT2D eigenvalue weighted by atomic mass is 10.1. The van der Waals surface area contributed by atoms with E-state index in [-0.39, 0.29) is 10.9 Å². The summed E-state index contributed by atoms with van der Waals surface area (Å²) in [6.07, 6.45) is 2.26. The zero-order chi connectivity index (χ0) is 18.7. The van der Waals surface area contributed by atoms with Gasteiger partial charge in [-0.1, -0.05) is 17.3 Å². The summed E-state index contributed by atoms with van der Waals surface area (Å²) in [4.78, 5) is 2.45. The fourth-order valence-corrected chi connectivity index (χ4v) is 4.82. The predicted molar refractivity (Wildman–Crippen MR) is 97.7 cm³/mol. The SMILES string of the molecule is COc1ccc(C(CNS(=O)(=O)c2c(C)noc2C)N2CCCC2)cc1. The van der Waals surface area contributed by atoms with Crippen LogP contribution < -0.4 is 9.46 Å². The normalized spacial score (nSPS) is 16.7. The molecule has 1 saturated heterocycles. The van der Waals surface area contributed by atoms with E-state index >= 15 is 0 Å². The van der Waals surface area contributed by atoms with Crippen LogP contribution in [-0.4, -0.2) is 45.2 Å². The van der Waals surface area contributed by atoms with Gasteiger partial charge in [-0.25, -0.2) is 13.1 Å². The number of aromatic nitrogens is 1. The highest BCUT2D eigenvalue weighted by atomic mass is 32.2. The van der Waals surface area contributed by atoms with Crippen LogP contribution in [-0.2, 0) is 10.0 Å². The number of sulfonamides is 1. The minimum atomic E-state index is -3.68. The zero-order valence-corrected chi connectivity index (χ0v) is 16.2. The molecule has 1 aliphatic rings. The maximum Gasteiger partial charge on any atom is 0.246 e. The van der Waals surface area contributed by atoms with E-state index in [0.717, 1.165) is 37.2 Å². The molecule has 0 amide bonds. The Hall–Kier alpha value is -1.90. The number of hydrogen-bond acceptors (Lipinski definition) is 6. The number of ether oxygens (including phenoxy) is 1. The molecule has 1 aromatic carbocycles. The standard InChI is InChI=1S/C18H25N3O4S/c1-13-18(14(2)25-20-13)26(22,23)19-12-17(21-10-4-5-11-21)15-6-8-16(24-3)9-7-15/h6-9,17,19H,4-5,10-12H2,1-3H3. The molecule has 8 heteroatoms. The van der Waals surface area contributed by atoms with Crippen LogP contribution in [0.25, 0.3) is 0 Å². The highest BCUT2D eigenvalue weighted by Crippen LogP contribution is 2.27. The molecule has 0 aliphatic carbocycles. The first-order valence-corrected chi connectivity index (χ1v) is 10.2. The van der Waals surface area contributed by atoms with Crippen molar-refractivity contribution in [1.82, 2.24) is 14.8 Å². The van der Waals surface area contributed by atoms with E-state index in [1.54, 1.807) is 21.0 Å². The lowest BCUT2D eigenvalue weighted by molar-refractivity contribution is 0.246. The molecule has 1 aromatic heterocycles. The topological polar surface area (TPSA) is 84.7 Å². The van der Waals surface area contributed by atoms with Crippen molar-refractivity contribution in [2.24, 2.45) is 0 Å². The van der Waals surface area contributed by atoms with Crippen LogP contribution in [0.5, 0.6) is 5.75 Å². The van der Waals surface area contributed by atoms with Gasteiger partial charge in [0.15, 0.2) is 5.76 Å². The van der Waals surface area contributed by atoms with Gasteiger partial charge in [-0.3, -0.25) is 4.90 Å². The van der Waals surface area contributed by atoms with Gasteiger partial charge < -0.3 is 9.26 Å². The fraction of sp³-hybridized carbons (Fsp3) is 0.500. The molecule has 0 bridgehead atoms. The first-order chi connectivity index (χ1) is 12.4. The Morgan fingerprint density at radius 3 is 2.42 bits per heavy atom. The quantitative estimate of drug-likeness (QED) is 0.795. The molecule has 142 valence electrons. The molecule has 2 heterocycles. The van der Waals surface area contributed by atoms with Crippen molar-refractivity contribution in [2.45, 2.75) is 37.6 Å². The number of hydrogen-bond donors (Lipinski definition) is 1. The molecule has 1 fully saturated rings. The second-order valence-corrected chi connectivity index (χ2v) is 8.24. The molecule has 1 N–H and O–H groups in total. The van der Waals surface area contributed by atoms with Crippen LogP contribution >= 0.6 is 0 Å². The van der Waals surface area contributed by atoms with Gasteiger partial charge in [0.05, 0.1) is 7.11 Å². The van der Waals surface area contributed by atoms with Gasteiger partial charge in [0.1, 0.15) is 16.3 Å². The van der Waals surface area contributed by atoms with E-state index in [9.17, 15) is 8.42 Å². The average molecular weight is 379 g/mol. The van der Waals surface area contributed by atoms with Crippen LogP contribution in [0.2, 0.25) is 0 Å². The average Bonchev–Trinajstić information content (AvgIpc) is 3.26. The second kappa shape index (κ2) is 7.77. The van der Waals surface area contributed by atoms with Crippen molar-refractivity contribution >= 4 is 10.0 Å². The van der Waals surface area contributed by atoms with Gasteiger partial charge in [0.25, 0.3) is 0 Å². The Morgan fingerprint density at radius 2 is 1.88 bits per heavy atom. The van der Waals surface area contributed by atoms with Gasteiger partial charge >= 0.3 is 0 Å². The molecule has 0 spiro atoms. The molecule has 2 aromatic rings. The fourth-order valence-electron chi connectivity index (χ4n) is 3.46. The lowest BCUT2D eigenvalue weighted by Gasteiger charge is -2.28. The van der Waals surface area contributed by atoms with E-state index in [4.69, 9.17) is 9.26 Å². The predicted octanol–water partition coefficient (Wildman–Crippen LogP) is 2.42. The number of methoxy groups -OCH3 is 1. The molecule has 7 nitrogen and oxygen atoms in total. The minimum Gasteiger partial charge on any atom is -0.497 e. The van der Waals surface area contributed by atoms with Crippen molar-refractivity contribution < 1.29 is 17.7 Å². The molecule has 1 unspecified atom stereocenters. The van der Waals surface area contributed by atoms with Crippen molar-refractivity contribution in [3.05, 3.63) is 41.3 Å². The Balaban J connectivity index is 1.81. The second-order valence-electron chi connectivity index (χ2n) is 6.54. The summed E-state index contributed by atoms with van der Waals surface area (Å²) in [7, 11) is -2.05. The molecular weight excluding hydrogens is 354 g/mol. The smallest absolute Gasteiger partial charge is 0.246 e. The number of rotatable bonds is 7. The van der Waals surface area contributed by atoms with Gasteiger partial charge in [0, 0.05) is 12.6 Å². The molecular formula is C18H25N3O4S. The van der Waals surface area contributed by atoms with Crippen LogP contribution in [0.4, 0.5) is 0 Å². The highest BCUT2D eigenvalue weighted by Gasteiger charge is 2.28. The molecule has 0 saturated carbocycles. The summed E-state index contributed by atoms with van der Waals surface area (Å²) in [5.41, 5.74) is 1.44. The highest BCUT2D eigenvalue weighted by molar-refractivity contribution is 7.89. The van der Waals surface area contributed by atoms with Gasteiger partial charge in [0.2, 0.25) is 10.0 Å². The van der Waals surface area contributed by atoms with Crippen LogP contribution in [0.1, 0.15) is 35.9 Å². The van der Waals surface area contributed by atoms with Crippen LogP contribution in [0.3, 0.4) is 0 Å². The van der Waals surface area contributed by atoms with Gasteiger partial charge in [-0.2, -0.15) is 0 Å². The van der Waals surface area contributed by atoms with E-state index in [2.05, 4.69) is 14.8 Å². The minimum absolute atomic E-state index is 0.0290. The maximum absolute atomic E-state index is 12.7. The largest absolute Gasteiger partial charge is 0.497 e. The van der Waals surface area contributed by atoms with Crippen molar-refractivity contribution in [2.75, 3.05) is 26.7 Å². The summed E-state index contributed by atoms with van der Waals surface area (Å²) in [5, 5.41) is 3.75. The van der Waals surface area contributed by atoms with Crippen LogP contribution in [0, 0.1) is 13.8 Å². The molecule has 26 heavy (non-hydrogen) atoms. The van der Waals surface area contributed by atoms with E-state index < -0.39 is 10.0 Å². The Morgan fingerprint density at radius 1 is 1.23 bits per heavy atom. The van der Waals surface area contributed by atoms with Crippen LogP contribution in [0.15, 0.2) is 33.7 Å². The third kappa shape index (κ3) is 3.92. The summed E-state index contributed by atoms with van der Waals surface area (Å²) < 4.78 is 38.4. The number of benzene rings is 1. The molecule has 0 radical (unpaired) electrons. The molecule has 1 aliphatic heterocycles. The third-order valence-corrected chi connectivity index (χ3v) is 6.45. The first kappa shape index (κ1) is 18.9.